The van der Waals surface area contributed by atoms with E-state index in [9.17, 15) is 13.6 Å². The maximum Gasteiger partial charge on any atom is 0.322 e. The standard InChI is InChI=1S/C25H21F2N3O3/c1-32-18-8-4-15(5-9-18)16-6-11-23-21(13-16)28-24(33-23)22-3-2-12-30(22)25(31)29-20-10-7-17(26)14-19(20)27/h4-11,13-14,22H,2-3,12H2,1H3,(H,29,31). The lowest BCUT2D eigenvalue weighted by atomic mass is 10.1. The van der Waals surface area contributed by atoms with Crippen LogP contribution in [0.25, 0.3) is 22.2 Å². The highest BCUT2D eigenvalue weighted by Gasteiger charge is 2.34. The third-order valence-corrected chi connectivity index (χ3v) is 5.80. The molecule has 4 aromatic rings. The van der Waals surface area contributed by atoms with Crippen molar-refractivity contribution in [1.29, 1.82) is 0 Å². The molecule has 1 aromatic heterocycles. The van der Waals surface area contributed by atoms with Crippen molar-refractivity contribution in [2.75, 3.05) is 19.0 Å². The molecule has 1 saturated heterocycles. The first kappa shape index (κ1) is 20.9. The topological polar surface area (TPSA) is 67.6 Å². The monoisotopic (exact) mass is 449 g/mol. The minimum atomic E-state index is -0.827. The number of oxazole rings is 1. The van der Waals surface area contributed by atoms with Crippen molar-refractivity contribution >= 4 is 22.8 Å². The Morgan fingerprint density at radius 3 is 2.64 bits per heavy atom. The summed E-state index contributed by atoms with van der Waals surface area (Å²) < 4.78 is 38.3. The Hall–Kier alpha value is -3.94. The molecule has 1 fully saturated rings. The van der Waals surface area contributed by atoms with E-state index in [1.165, 1.54) is 6.07 Å². The smallest absolute Gasteiger partial charge is 0.322 e. The van der Waals surface area contributed by atoms with Gasteiger partial charge < -0.3 is 19.4 Å². The van der Waals surface area contributed by atoms with E-state index >= 15 is 0 Å². The molecule has 0 saturated carbocycles. The van der Waals surface area contributed by atoms with Crippen LogP contribution in [0, 0.1) is 11.6 Å². The molecule has 1 aliphatic heterocycles. The minimum absolute atomic E-state index is 0.0752. The van der Waals surface area contributed by atoms with E-state index in [1.807, 2.05) is 42.5 Å². The van der Waals surface area contributed by atoms with E-state index in [-0.39, 0.29) is 11.7 Å². The molecule has 5 rings (SSSR count). The van der Waals surface area contributed by atoms with Gasteiger partial charge in [-0.05, 0) is 60.4 Å². The number of urea groups is 1. The van der Waals surface area contributed by atoms with Gasteiger partial charge in [0.05, 0.1) is 12.8 Å². The molecular formula is C25H21F2N3O3. The molecule has 6 nitrogen and oxygen atoms in total. The fourth-order valence-corrected chi connectivity index (χ4v) is 4.10. The lowest BCUT2D eigenvalue weighted by Gasteiger charge is -2.22. The second-order valence-corrected chi connectivity index (χ2v) is 7.87. The Labute approximate surface area is 188 Å². The number of anilines is 1. The summed E-state index contributed by atoms with van der Waals surface area (Å²) in [6.07, 6.45) is 1.44. The van der Waals surface area contributed by atoms with Crippen LogP contribution in [0.5, 0.6) is 5.75 Å². The fourth-order valence-electron chi connectivity index (χ4n) is 4.10. The van der Waals surface area contributed by atoms with Gasteiger partial charge >= 0.3 is 6.03 Å². The van der Waals surface area contributed by atoms with Gasteiger partial charge in [0, 0.05) is 12.6 Å². The zero-order valence-corrected chi connectivity index (χ0v) is 17.8. The minimum Gasteiger partial charge on any atom is -0.497 e. The maximum atomic E-state index is 14.0. The number of hydrogen-bond acceptors (Lipinski definition) is 4. The highest BCUT2D eigenvalue weighted by molar-refractivity contribution is 5.90. The van der Waals surface area contributed by atoms with Gasteiger partial charge in [-0.15, -0.1) is 0 Å². The number of likely N-dealkylation sites (tertiary alicyclic amines) is 1. The molecule has 1 N–H and O–H groups in total. The molecule has 168 valence electrons. The number of hydrogen-bond donors (Lipinski definition) is 1. The Kier molecular flexibility index (Phi) is 5.42. The number of rotatable bonds is 4. The second-order valence-electron chi connectivity index (χ2n) is 7.87. The first-order valence-electron chi connectivity index (χ1n) is 10.6. The summed E-state index contributed by atoms with van der Waals surface area (Å²) in [5.41, 5.74) is 3.24. The van der Waals surface area contributed by atoms with E-state index in [0.717, 1.165) is 35.4 Å². The molecule has 2 heterocycles. The summed E-state index contributed by atoms with van der Waals surface area (Å²) in [5.74, 6) is -0.315. The van der Waals surface area contributed by atoms with Crippen molar-refractivity contribution < 1.29 is 22.7 Å². The third kappa shape index (κ3) is 4.11. The van der Waals surface area contributed by atoms with Crippen molar-refractivity contribution in [3.8, 4) is 16.9 Å². The predicted octanol–water partition coefficient (Wildman–Crippen LogP) is 6.15. The van der Waals surface area contributed by atoms with Gasteiger partial charge in [0.15, 0.2) is 5.58 Å². The van der Waals surface area contributed by atoms with Gasteiger partial charge in [0.2, 0.25) is 5.89 Å². The van der Waals surface area contributed by atoms with Gasteiger partial charge in [0.1, 0.15) is 28.9 Å². The number of methoxy groups -OCH3 is 1. The Morgan fingerprint density at radius 1 is 1.09 bits per heavy atom. The summed E-state index contributed by atoms with van der Waals surface area (Å²) in [6, 6.07) is 15.7. The number of aromatic nitrogens is 1. The van der Waals surface area contributed by atoms with E-state index in [0.29, 0.717) is 30.0 Å². The van der Waals surface area contributed by atoms with E-state index < -0.39 is 17.7 Å². The summed E-state index contributed by atoms with van der Waals surface area (Å²) in [7, 11) is 1.63. The highest BCUT2D eigenvalue weighted by atomic mass is 19.1. The summed E-state index contributed by atoms with van der Waals surface area (Å²) in [4.78, 5) is 19.0. The lowest BCUT2D eigenvalue weighted by Crippen LogP contribution is -2.34. The average Bonchev–Trinajstić information content (AvgIpc) is 3.47. The van der Waals surface area contributed by atoms with Gasteiger partial charge in [-0.1, -0.05) is 18.2 Å². The molecule has 8 heteroatoms. The SMILES string of the molecule is COc1ccc(-c2ccc3oc(C4CCCN4C(=O)Nc4ccc(F)cc4F)nc3c2)cc1. The Balaban J connectivity index is 1.38. The maximum absolute atomic E-state index is 14.0. The average molecular weight is 449 g/mol. The molecule has 1 atom stereocenters. The molecular weight excluding hydrogens is 428 g/mol. The summed E-state index contributed by atoms with van der Waals surface area (Å²) in [5, 5.41) is 2.52. The first-order chi connectivity index (χ1) is 16.0. The number of carbonyl (C=O) groups excluding carboxylic acids is 1. The van der Waals surface area contributed by atoms with E-state index in [2.05, 4.69) is 10.3 Å². The van der Waals surface area contributed by atoms with Crippen LogP contribution in [0.3, 0.4) is 0 Å². The lowest BCUT2D eigenvalue weighted by molar-refractivity contribution is 0.198. The van der Waals surface area contributed by atoms with Gasteiger partial charge in [0.25, 0.3) is 0 Å². The van der Waals surface area contributed by atoms with Crippen LogP contribution in [-0.2, 0) is 0 Å². The Bertz CT molecular complexity index is 1320. The van der Waals surface area contributed by atoms with Crippen LogP contribution in [0.15, 0.2) is 65.1 Å². The molecule has 0 radical (unpaired) electrons. The molecule has 33 heavy (non-hydrogen) atoms. The number of halogens is 2. The second kappa shape index (κ2) is 8.54. The number of benzene rings is 3. The summed E-state index contributed by atoms with van der Waals surface area (Å²) in [6.45, 7) is 0.481. The Morgan fingerprint density at radius 2 is 1.88 bits per heavy atom. The van der Waals surface area contributed by atoms with Crippen molar-refractivity contribution in [3.05, 3.63) is 78.2 Å². The number of fused-ring (bicyclic) bond motifs is 1. The molecule has 3 aromatic carbocycles. The quantitative estimate of drug-likeness (QED) is 0.406. The van der Waals surface area contributed by atoms with E-state index in [4.69, 9.17) is 9.15 Å². The largest absolute Gasteiger partial charge is 0.497 e. The fraction of sp³-hybridized carbons (Fsp3) is 0.200. The van der Waals surface area contributed by atoms with Gasteiger partial charge in [-0.3, -0.25) is 0 Å². The number of ether oxygens (including phenoxy) is 1. The van der Waals surface area contributed by atoms with Crippen LogP contribution < -0.4 is 10.1 Å². The summed E-state index contributed by atoms with van der Waals surface area (Å²) >= 11 is 0. The number of amides is 2. The van der Waals surface area contributed by atoms with Crippen LogP contribution in [0.4, 0.5) is 19.3 Å². The number of carbonyl (C=O) groups is 1. The molecule has 0 aliphatic carbocycles. The molecule has 0 spiro atoms. The zero-order valence-electron chi connectivity index (χ0n) is 17.8. The van der Waals surface area contributed by atoms with Crippen molar-refractivity contribution in [2.45, 2.75) is 18.9 Å². The number of nitrogens with zero attached hydrogens (tertiary/aromatic N) is 2. The van der Waals surface area contributed by atoms with Crippen LogP contribution >= 0.6 is 0 Å². The van der Waals surface area contributed by atoms with Gasteiger partial charge in [-0.2, -0.15) is 0 Å². The van der Waals surface area contributed by atoms with Crippen LogP contribution in [-0.4, -0.2) is 29.6 Å². The zero-order chi connectivity index (χ0) is 22.9. The number of nitrogens with one attached hydrogen (secondary N) is 1. The first-order valence-corrected chi connectivity index (χ1v) is 10.6. The third-order valence-electron chi connectivity index (χ3n) is 5.80. The van der Waals surface area contributed by atoms with Crippen molar-refractivity contribution in [3.63, 3.8) is 0 Å². The van der Waals surface area contributed by atoms with Crippen molar-refractivity contribution in [1.82, 2.24) is 9.88 Å². The van der Waals surface area contributed by atoms with Gasteiger partial charge in [-0.25, -0.2) is 18.6 Å². The van der Waals surface area contributed by atoms with Crippen LogP contribution in [0.1, 0.15) is 24.8 Å². The predicted molar refractivity (Wildman–Crippen MR) is 120 cm³/mol. The highest BCUT2D eigenvalue weighted by Crippen LogP contribution is 2.35. The molecule has 1 aliphatic rings. The normalized spacial score (nSPS) is 15.7. The molecule has 0 bridgehead atoms. The van der Waals surface area contributed by atoms with Crippen LogP contribution in [0.2, 0.25) is 0 Å². The molecule has 2 amide bonds. The molecule has 1 unspecified atom stereocenters. The van der Waals surface area contributed by atoms with Crippen molar-refractivity contribution in [2.24, 2.45) is 0 Å². The van der Waals surface area contributed by atoms with E-state index in [1.54, 1.807) is 12.0 Å².